The fourth-order valence-electron chi connectivity index (χ4n) is 3.07. The average molecular weight is 391 g/mol. The molecule has 0 saturated carbocycles. The first-order chi connectivity index (χ1) is 13.7. The highest BCUT2D eigenvalue weighted by atomic mass is 32.2. The van der Waals surface area contributed by atoms with Crippen molar-refractivity contribution in [3.8, 4) is 5.75 Å². The van der Waals surface area contributed by atoms with Crippen LogP contribution in [0.1, 0.15) is 5.56 Å². The van der Waals surface area contributed by atoms with Gasteiger partial charge in [-0.1, -0.05) is 23.9 Å². The molecular formula is C21H17N3O3S. The van der Waals surface area contributed by atoms with Crippen molar-refractivity contribution in [2.24, 2.45) is 0 Å². The van der Waals surface area contributed by atoms with Crippen LogP contribution in [0, 0.1) is 10.1 Å². The molecule has 0 atom stereocenters. The molecule has 2 aromatic carbocycles. The summed E-state index contributed by atoms with van der Waals surface area (Å²) in [5.74, 6) is 0.767. The first kappa shape index (κ1) is 18.1. The van der Waals surface area contributed by atoms with E-state index in [4.69, 9.17) is 4.74 Å². The Morgan fingerprint density at radius 2 is 1.89 bits per heavy atom. The van der Waals surface area contributed by atoms with Gasteiger partial charge in [-0.25, -0.2) is 0 Å². The van der Waals surface area contributed by atoms with Crippen LogP contribution < -0.4 is 4.74 Å². The monoisotopic (exact) mass is 391 g/mol. The van der Waals surface area contributed by atoms with Gasteiger partial charge in [0.1, 0.15) is 5.75 Å². The number of ether oxygens (including phenoxy) is 1. The van der Waals surface area contributed by atoms with Crippen molar-refractivity contribution in [3.05, 3.63) is 88.9 Å². The molecule has 0 radical (unpaired) electrons. The van der Waals surface area contributed by atoms with Gasteiger partial charge in [0.05, 0.1) is 22.4 Å². The molecule has 6 nitrogen and oxygen atoms in total. The number of fused-ring (bicyclic) bond motifs is 1. The molecule has 0 aliphatic heterocycles. The fraction of sp³-hybridized carbons (Fsp3) is 0.0952. The number of rotatable bonds is 6. The lowest BCUT2D eigenvalue weighted by atomic mass is 10.2. The van der Waals surface area contributed by atoms with E-state index in [0.29, 0.717) is 11.4 Å². The summed E-state index contributed by atoms with van der Waals surface area (Å²) in [6, 6.07) is 16.6. The average Bonchev–Trinajstić information content (AvgIpc) is 3.05. The highest BCUT2D eigenvalue weighted by Crippen LogP contribution is 2.40. The molecule has 0 N–H and O–H groups in total. The van der Waals surface area contributed by atoms with Gasteiger partial charge < -0.3 is 9.30 Å². The molecule has 0 unspecified atom stereocenters. The maximum absolute atomic E-state index is 11.4. The van der Waals surface area contributed by atoms with E-state index in [1.807, 2.05) is 42.6 Å². The summed E-state index contributed by atoms with van der Waals surface area (Å²) in [7, 11) is 1.64. The third kappa shape index (κ3) is 3.57. The second-order valence-electron chi connectivity index (χ2n) is 6.19. The number of methoxy groups -OCH3 is 1. The Balaban J connectivity index is 1.80. The number of hydrogen-bond donors (Lipinski definition) is 0. The summed E-state index contributed by atoms with van der Waals surface area (Å²) in [4.78, 5) is 16.7. The number of nitrogens with zero attached hydrogens (tertiary/aromatic N) is 3. The Hall–Kier alpha value is -3.32. The van der Waals surface area contributed by atoms with E-state index in [1.165, 1.54) is 17.8 Å². The van der Waals surface area contributed by atoms with Crippen LogP contribution in [0.2, 0.25) is 0 Å². The zero-order valence-corrected chi connectivity index (χ0v) is 15.9. The zero-order chi connectivity index (χ0) is 19.5. The molecule has 0 saturated heterocycles. The molecule has 0 fully saturated rings. The highest BCUT2D eigenvalue weighted by molar-refractivity contribution is 7.99. The van der Waals surface area contributed by atoms with E-state index in [-0.39, 0.29) is 10.6 Å². The lowest BCUT2D eigenvalue weighted by Gasteiger charge is -2.06. The summed E-state index contributed by atoms with van der Waals surface area (Å²) >= 11 is 1.40. The molecule has 0 bridgehead atoms. The van der Waals surface area contributed by atoms with Crippen molar-refractivity contribution < 1.29 is 9.66 Å². The molecule has 4 aromatic rings. The molecule has 140 valence electrons. The van der Waals surface area contributed by atoms with Gasteiger partial charge in [0, 0.05) is 47.5 Å². The van der Waals surface area contributed by atoms with Crippen LogP contribution in [0.5, 0.6) is 5.75 Å². The van der Waals surface area contributed by atoms with E-state index >= 15 is 0 Å². The Bertz CT molecular complexity index is 1140. The van der Waals surface area contributed by atoms with Crippen LogP contribution in [0.15, 0.2) is 83.0 Å². The van der Waals surface area contributed by atoms with Gasteiger partial charge in [-0.3, -0.25) is 15.1 Å². The van der Waals surface area contributed by atoms with Crippen molar-refractivity contribution >= 4 is 28.4 Å². The molecule has 4 rings (SSSR count). The van der Waals surface area contributed by atoms with Gasteiger partial charge >= 0.3 is 0 Å². The molecule has 0 aliphatic rings. The molecule has 2 aromatic heterocycles. The molecule has 7 heteroatoms. The molecular weight excluding hydrogens is 374 g/mol. The summed E-state index contributed by atoms with van der Waals surface area (Å²) in [5.41, 5.74) is 2.24. The van der Waals surface area contributed by atoms with Gasteiger partial charge in [-0.05, 0) is 35.9 Å². The number of nitro benzene ring substituents is 1. The Morgan fingerprint density at radius 3 is 2.64 bits per heavy atom. The second-order valence-corrected chi connectivity index (χ2v) is 7.27. The number of aromatic nitrogens is 2. The lowest BCUT2D eigenvalue weighted by molar-refractivity contribution is -0.387. The SMILES string of the molecule is COc1ccc2c(Sc3ccccc3[N+](=O)[O-])cn(Cc3ccncc3)c2c1. The van der Waals surface area contributed by atoms with Crippen molar-refractivity contribution in [1.82, 2.24) is 9.55 Å². The van der Waals surface area contributed by atoms with Gasteiger partial charge in [0.15, 0.2) is 0 Å². The van der Waals surface area contributed by atoms with Crippen LogP contribution in [0.25, 0.3) is 10.9 Å². The molecule has 28 heavy (non-hydrogen) atoms. The summed E-state index contributed by atoms with van der Waals surface area (Å²) in [5, 5.41) is 12.4. The maximum Gasteiger partial charge on any atom is 0.283 e. The van der Waals surface area contributed by atoms with E-state index in [2.05, 4.69) is 9.55 Å². The minimum atomic E-state index is -0.346. The summed E-state index contributed by atoms with van der Waals surface area (Å²) < 4.78 is 7.52. The van der Waals surface area contributed by atoms with Gasteiger partial charge in [-0.2, -0.15) is 0 Å². The third-order valence-electron chi connectivity index (χ3n) is 4.44. The van der Waals surface area contributed by atoms with Crippen molar-refractivity contribution in [3.63, 3.8) is 0 Å². The van der Waals surface area contributed by atoms with Crippen LogP contribution in [0.4, 0.5) is 5.69 Å². The third-order valence-corrected chi connectivity index (χ3v) is 5.55. The van der Waals surface area contributed by atoms with Gasteiger partial charge in [0.25, 0.3) is 5.69 Å². The van der Waals surface area contributed by atoms with Crippen molar-refractivity contribution in [2.45, 2.75) is 16.3 Å². The number of pyridine rings is 1. The standard InChI is InChI=1S/C21H17N3O3S/c1-27-16-6-7-17-19(12-16)23(13-15-8-10-22-11-9-15)14-21(17)28-20-5-3-2-4-18(20)24(25)26/h2-12,14H,13H2,1H3. The van der Waals surface area contributed by atoms with Gasteiger partial charge in [0.2, 0.25) is 0 Å². The Kier molecular flexibility index (Phi) is 4.99. The topological polar surface area (TPSA) is 70.2 Å². The number of benzene rings is 2. The summed E-state index contributed by atoms with van der Waals surface area (Å²) in [6.07, 6.45) is 5.57. The normalized spacial score (nSPS) is 10.9. The predicted octanol–water partition coefficient (Wildman–Crippen LogP) is 5.15. The van der Waals surface area contributed by atoms with Crippen LogP contribution >= 0.6 is 11.8 Å². The minimum absolute atomic E-state index is 0.107. The lowest BCUT2D eigenvalue weighted by Crippen LogP contribution is -1.98. The van der Waals surface area contributed by atoms with Crippen LogP contribution in [-0.4, -0.2) is 21.6 Å². The molecule has 0 amide bonds. The maximum atomic E-state index is 11.4. The van der Waals surface area contributed by atoms with Crippen molar-refractivity contribution in [1.29, 1.82) is 0 Å². The fourth-order valence-corrected chi connectivity index (χ4v) is 4.17. The quantitative estimate of drug-likeness (QED) is 0.336. The molecule has 0 aliphatic carbocycles. The van der Waals surface area contributed by atoms with E-state index in [1.54, 1.807) is 31.6 Å². The number of hydrogen-bond acceptors (Lipinski definition) is 5. The van der Waals surface area contributed by atoms with Gasteiger partial charge in [-0.15, -0.1) is 0 Å². The zero-order valence-electron chi connectivity index (χ0n) is 15.1. The first-order valence-corrected chi connectivity index (χ1v) is 9.44. The smallest absolute Gasteiger partial charge is 0.283 e. The minimum Gasteiger partial charge on any atom is -0.497 e. The van der Waals surface area contributed by atoms with E-state index in [9.17, 15) is 10.1 Å². The van der Waals surface area contributed by atoms with E-state index < -0.39 is 0 Å². The highest BCUT2D eigenvalue weighted by Gasteiger charge is 2.17. The first-order valence-electron chi connectivity index (χ1n) is 8.63. The predicted molar refractivity (Wildman–Crippen MR) is 109 cm³/mol. The second kappa shape index (κ2) is 7.74. The van der Waals surface area contributed by atoms with Crippen molar-refractivity contribution in [2.75, 3.05) is 7.11 Å². The van der Waals surface area contributed by atoms with Crippen LogP contribution in [0.3, 0.4) is 0 Å². The molecule has 0 spiro atoms. The Labute approximate surface area is 165 Å². The summed E-state index contributed by atoms with van der Waals surface area (Å²) in [6.45, 7) is 0.670. The largest absolute Gasteiger partial charge is 0.497 e. The Morgan fingerprint density at radius 1 is 1.11 bits per heavy atom. The van der Waals surface area contributed by atoms with Crippen LogP contribution in [-0.2, 0) is 6.54 Å². The number of nitro groups is 1. The van der Waals surface area contributed by atoms with E-state index in [0.717, 1.165) is 27.1 Å². The number of para-hydroxylation sites is 1. The molecule has 2 heterocycles.